The summed E-state index contributed by atoms with van der Waals surface area (Å²) in [6.45, 7) is 12.4. The molecule has 0 bridgehead atoms. The van der Waals surface area contributed by atoms with E-state index in [1.165, 1.54) is 57.8 Å². The van der Waals surface area contributed by atoms with Gasteiger partial charge in [0.05, 0.1) is 0 Å². The molecule has 3 atom stereocenters. The molecule has 106 valence electrons. The number of hydrogen-bond donors (Lipinski definition) is 0. The van der Waals surface area contributed by atoms with Crippen molar-refractivity contribution < 1.29 is 0 Å². The van der Waals surface area contributed by atoms with Gasteiger partial charge >= 0.3 is 0 Å². The molecule has 0 spiro atoms. The summed E-state index contributed by atoms with van der Waals surface area (Å²) in [6, 6.07) is 0. The molecule has 0 aromatic rings. The lowest BCUT2D eigenvalue weighted by atomic mass is 9.47. The fourth-order valence-electron chi connectivity index (χ4n) is 4.83. The van der Waals surface area contributed by atoms with Gasteiger partial charge in [0.1, 0.15) is 0 Å². The highest BCUT2D eigenvalue weighted by Gasteiger charge is 2.52. The van der Waals surface area contributed by atoms with E-state index in [0.29, 0.717) is 16.2 Å². The molecule has 2 aliphatic rings. The summed E-state index contributed by atoms with van der Waals surface area (Å²) in [5, 5.41) is 0. The van der Waals surface area contributed by atoms with Gasteiger partial charge in [0, 0.05) is 0 Å². The van der Waals surface area contributed by atoms with E-state index in [0.717, 1.165) is 5.92 Å². The summed E-state index contributed by atoms with van der Waals surface area (Å²) < 4.78 is 0. The molecule has 0 heteroatoms. The third-order valence-corrected chi connectivity index (χ3v) is 6.48. The van der Waals surface area contributed by atoms with Crippen molar-refractivity contribution in [3.8, 4) is 0 Å². The summed E-state index contributed by atoms with van der Waals surface area (Å²) in [5.74, 6) is 0.996. The van der Waals surface area contributed by atoms with Crippen LogP contribution in [0, 0.1) is 22.2 Å². The minimum absolute atomic E-state index is 0.513. The van der Waals surface area contributed by atoms with Crippen molar-refractivity contribution in [3.63, 3.8) is 0 Å². The van der Waals surface area contributed by atoms with Gasteiger partial charge in [-0.25, -0.2) is 0 Å². The van der Waals surface area contributed by atoms with Crippen LogP contribution >= 0.6 is 0 Å². The van der Waals surface area contributed by atoms with Gasteiger partial charge in [-0.1, -0.05) is 53.9 Å². The topological polar surface area (TPSA) is 0 Å². The highest BCUT2D eigenvalue weighted by atomic mass is 14.6. The van der Waals surface area contributed by atoms with Crippen LogP contribution in [0.1, 0.15) is 92.4 Å². The van der Waals surface area contributed by atoms with Gasteiger partial charge in [-0.15, -0.1) is 0 Å². The lowest BCUT2D eigenvalue weighted by molar-refractivity contribution is -0.0796. The zero-order chi connectivity index (χ0) is 13.4. The lowest BCUT2D eigenvalue weighted by Gasteiger charge is -2.58. The molecule has 18 heavy (non-hydrogen) atoms. The van der Waals surface area contributed by atoms with Crippen LogP contribution in [0.5, 0.6) is 0 Å². The summed E-state index contributed by atoms with van der Waals surface area (Å²) in [6.07, 6.45) is 13.3. The molecule has 0 aromatic carbocycles. The van der Waals surface area contributed by atoms with Crippen LogP contribution in [0.25, 0.3) is 0 Å². The molecular weight excluding hydrogens is 216 g/mol. The molecular formula is C18H34. The zero-order valence-electron chi connectivity index (χ0n) is 13.4. The van der Waals surface area contributed by atoms with Gasteiger partial charge in [-0.2, -0.15) is 0 Å². The third kappa shape index (κ3) is 2.63. The van der Waals surface area contributed by atoms with Crippen molar-refractivity contribution in [1.29, 1.82) is 0 Å². The Labute approximate surface area is 115 Å². The van der Waals surface area contributed by atoms with E-state index in [1.54, 1.807) is 0 Å². The maximum absolute atomic E-state index is 2.64. The highest BCUT2D eigenvalue weighted by Crippen LogP contribution is 2.62. The molecule has 2 rings (SSSR count). The summed E-state index contributed by atoms with van der Waals surface area (Å²) >= 11 is 0. The van der Waals surface area contributed by atoms with Crippen molar-refractivity contribution >= 4 is 0 Å². The minimum Gasteiger partial charge on any atom is -0.0602 e. The fraction of sp³-hybridized carbons (Fsp3) is 1.00. The molecule has 0 radical (unpaired) electrons. The van der Waals surface area contributed by atoms with E-state index in [9.17, 15) is 0 Å². The van der Waals surface area contributed by atoms with Crippen molar-refractivity contribution in [2.75, 3.05) is 0 Å². The Bertz CT molecular complexity index is 281. The van der Waals surface area contributed by atoms with Crippen LogP contribution in [0.15, 0.2) is 0 Å². The van der Waals surface area contributed by atoms with Gasteiger partial charge in [-0.05, 0) is 60.7 Å². The second-order valence-corrected chi connectivity index (χ2v) is 8.87. The Hall–Kier alpha value is 0. The first-order valence-electron chi connectivity index (χ1n) is 8.27. The largest absolute Gasteiger partial charge is 0.0602 e. The Kier molecular flexibility index (Phi) is 3.87. The van der Waals surface area contributed by atoms with Crippen LogP contribution in [0.3, 0.4) is 0 Å². The zero-order valence-corrected chi connectivity index (χ0v) is 13.4. The van der Waals surface area contributed by atoms with E-state index in [1.807, 2.05) is 0 Å². The molecule has 1 unspecified atom stereocenters. The average Bonchev–Trinajstić information content (AvgIpc) is 2.26. The van der Waals surface area contributed by atoms with Gasteiger partial charge in [0.15, 0.2) is 0 Å². The summed E-state index contributed by atoms with van der Waals surface area (Å²) in [4.78, 5) is 0. The third-order valence-electron chi connectivity index (χ3n) is 6.48. The normalized spacial score (nSPS) is 41.5. The SMILES string of the molecule is CC(C)(C)CCC1CCC[C@@]2(C)CCCC[C@@]12C. The van der Waals surface area contributed by atoms with Crippen molar-refractivity contribution in [1.82, 2.24) is 0 Å². The Morgan fingerprint density at radius 2 is 1.56 bits per heavy atom. The fourth-order valence-corrected chi connectivity index (χ4v) is 4.83. The Morgan fingerprint density at radius 1 is 0.944 bits per heavy atom. The molecule has 0 aliphatic heterocycles. The van der Waals surface area contributed by atoms with Gasteiger partial charge in [0.2, 0.25) is 0 Å². The molecule has 0 N–H and O–H groups in total. The molecule has 0 heterocycles. The molecule has 2 saturated carbocycles. The summed E-state index contributed by atoms with van der Waals surface area (Å²) in [5.41, 5.74) is 1.82. The second-order valence-electron chi connectivity index (χ2n) is 8.87. The minimum atomic E-state index is 0.513. The van der Waals surface area contributed by atoms with E-state index in [4.69, 9.17) is 0 Å². The van der Waals surface area contributed by atoms with Gasteiger partial charge < -0.3 is 0 Å². The number of hydrogen-bond acceptors (Lipinski definition) is 0. The van der Waals surface area contributed by atoms with Crippen LogP contribution in [0.2, 0.25) is 0 Å². The van der Waals surface area contributed by atoms with Gasteiger partial charge in [-0.3, -0.25) is 0 Å². The van der Waals surface area contributed by atoms with Crippen molar-refractivity contribution in [3.05, 3.63) is 0 Å². The Morgan fingerprint density at radius 3 is 2.22 bits per heavy atom. The second kappa shape index (κ2) is 4.84. The lowest BCUT2D eigenvalue weighted by Crippen LogP contribution is -2.48. The van der Waals surface area contributed by atoms with Crippen molar-refractivity contribution in [2.24, 2.45) is 22.2 Å². The molecule has 0 saturated heterocycles. The van der Waals surface area contributed by atoms with Crippen molar-refractivity contribution in [2.45, 2.75) is 92.4 Å². The van der Waals surface area contributed by atoms with Gasteiger partial charge in [0.25, 0.3) is 0 Å². The predicted molar refractivity (Wildman–Crippen MR) is 80.7 cm³/mol. The maximum Gasteiger partial charge on any atom is -0.0244 e. The number of fused-ring (bicyclic) bond motifs is 1. The molecule has 0 amide bonds. The van der Waals surface area contributed by atoms with Crippen LogP contribution in [-0.4, -0.2) is 0 Å². The standard InChI is InChI=1S/C18H34/c1-16(2,3)14-10-15-9-8-12-17(4)11-6-7-13-18(15,17)5/h15H,6-14H2,1-5H3/t15?,17-,18+/m1/s1. The number of rotatable bonds is 2. The first-order chi connectivity index (χ1) is 8.27. The summed E-state index contributed by atoms with van der Waals surface area (Å²) in [7, 11) is 0. The molecule has 2 aliphatic carbocycles. The Balaban J connectivity index is 2.10. The average molecular weight is 250 g/mol. The molecule has 2 fully saturated rings. The van der Waals surface area contributed by atoms with Crippen LogP contribution < -0.4 is 0 Å². The maximum atomic E-state index is 2.64. The van der Waals surface area contributed by atoms with E-state index in [-0.39, 0.29) is 0 Å². The first-order valence-corrected chi connectivity index (χ1v) is 8.27. The first kappa shape index (κ1) is 14.4. The van der Waals surface area contributed by atoms with E-state index < -0.39 is 0 Å². The highest BCUT2D eigenvalue weighted by molar-refractivity contribution is 5.02. The van der Waals surface area contributed by atoms with Crippen LogP contribution in [-0.2, 0) is 0 Å². The predicted octanol–water partition coefficient (Wildman–Crippen LogP) is 6.20. The smallest absolute Gasteiger partial charge is 0.0244 e. The quantitative estimate of drug-likeness (QED) is 0.547. The van der Waals surface area contributed by atoms with Crippen LogP contribution in [0.4, 0.5) is 0 Å². The monoisotopic (exact) mass is 250 g/mol. The van der Waals surface area contributed by atoms with E-state index >= 15 is 0 Å². The molecule has 0 aromatic heterocycles. The molecule has 0 nitrogen and oxygen atoms in total. The van der Waals surface area contributed by atoms with E-state index in [2.05, 4.69) is 34.6 Å².